The monoisotopic (exact) mass is 390 g/mol. The number of rotatable bonds is 4. The van der Waals surface area contributed by atoms with Crippen LogP contribution < -0.4 is 15.4 Å². The molecule has 0 spiro atoms. The predicted octanol–water partition coefficient (Wildman–Crippen LogP) is 0.0625. The Hall–Kier alpha value is -2.49. The highest BCUT2D eigenvalue weighted by Crippen LogP contribution is 2.33. The fraction of sp³-hybridized carbons (Fsp3) is 0.389. The van der Waals surface area contributed by atoms with Gasteiger partial charge in [-0.25, -0.2) is 0 Å². The van der Waals surface area contributed by atoms with E-state index in [0.29, 0.717) is 23.4 Å². The quantitative estimate of drug-likeness (QED) is 0.380. The molecule has 0 unspecified atom stereocenters. The number of likely N-dealkylation sites (N-methyl/N-ethyl adjacent to an activating group) is 1. The average molecular weight is 390 g/mol. The number of carbonyl (C=O) groups excluding carboxylic acids is 2. The zero-order valence-electron chi connectivity index (χ0n) is 15.2. The molecular formula is C18H22N4O4S. The molecule has 0 bridgehead atoms. The smallest absolute Gasteiger partial charge is 0.263 e. The van der Waals surface area contributed by atoms with E-state index in [-0.39, 0.29) is 16.4 Å². The summed E-state index contributed by atoms with van der Waals surface area (Å²) in [5.74, 6) is -0.759. The topological polar surface area (TPSA) is 94.1 Å². The molecule has 2 aliphatic rings. The largest absolute Gasteiger partial charge is 0.504 e. The Labute approximate surface area is 162 Å². The lowest BCUT2D eigenvalue weighted by Gasteiger charge is -2.32. The first-order chi connectivity index (χ1) is 12.9. The molecule has 1 aromatic rings. The second kappa shape index (κ2) is 8.03. The van der Waals surface area contributed by atoms with Crippen LogP contribution in [0.25, 0.3) is 6.08 Å². The van der Waals surface area contributed by atoms with Crippen LogP contribution in [0.4, 0.5) is 0 Å². The van der Waals surface area contributed by atoms with Gasteiger partial charge in [0.05, 0.1) is 7.11 Å². The first-order valence-corrected chi connectivity index (χ1v) is 8.97. The molecule has 0 atom stereocenters. The van der Waals surface area contributed by atoms with Crippen molar-refractivity contribution in [3.05, 3.63) is 28.8 Å². The number of benzene rings is 1. The van der Waals surface area contributed by atoms with E-state index in [1.165, 1.54) is 13.2 Å². The van der Waals surface area contributed by atoms with Gasteiger partial charge in [-0.05, 0) is 43.0 Å². The Balaban J connectivity index is 1.90. The van der Waals surface area contributed by atoms with E-state index in [2.05, 4.69) is 27.5 Å². The second-order valence-corrected chi connectivity index (χ2v) is 7.01. The predicted molar refractivity (Wildman–Crippen MR) is 104 cm³/mol. The molecule has 0 aliphatic carbocycles. The number of hydrogen-bond acceptors (Lipinski definition) is 7. The normalized spacial score (nSPS) is 18.9. The van der Waals surface area contributed by atoms with Crippen LogP contribution in [0.2, 0.25) is 0 Å². The first-order valence-electron chi connectivity index (χ1n) is 8.56. The molecule has 0 saturated carbocycles. The Morgan fingerprint density at radius 1 is 1.19 bits per heavy atom. The molecule has 0 radical (unpaired) electrons. The summed E-state index contributed by atoms with van der Waals surface area (Å²) in [5.41, 5.74) is 1.21. The number of nitrogens with zero attached hydrogens (tertiary/aromatic N) is 2. The molecule has 9 heteroatoms. The number of methoxy groups -OCH3 is 1. The maximum atomic E-state index is 12.1. The van der Waals surface area contributed by atoms with Crippen LogP contribution in [0.3, 0.4) is 0 Å². The van der Waals surface area contributed by atoms with E-state index in [1.807, 2.05) is 0 Å². The van der Waals surface area contributed by atoms with Gasteiger partial charge in [0.25, 0.3) is 11.8 Å². The van der Waals surface area contributed by atoms with Crippen molar-refractivity contribution < 1.29 is 19.4 Å². The number of hydrogen-bond donors (Lipinski definition) is 3. The van der Waals surface area contributed by atoms with Gasteiger partial charge < -0.3 is 14.7 Å². The summed E-state index contributed by atoms with van der Waals surface area (Å²) in [6, 6.07) is 3.35. The molecule has 2 heterocycles. The third-order valence-electron chi connectivity index (χ3n) is 4.64. The van der Waals surface area contributed by atoms with E-state index in [4.69, 9.17) is 17.0 Å². The molecule has 1 aromatic carbocycles. The van der Waals surface area contributed by atoms with E-state index in [1.54, 1.807) is 12.1 Å². The van der Waals surface area contributed by atoms with E-state index < -0.39 is 11.8 Å². The van der Waals surface area contributed by atoms with Crippen molar-refractivity contribution in [1.82, 2.24) is 20.4 Å². The maximum absolute atomic E-state index is 12.1. The number of ether oxygens (including phenoxy) is 1. The standard InChI is InChI=1S/C18H22N4O4S/c1-21-3-5-22(6-4-21)10-12-7-11(9-14(26-2)15(12)23)8-13-16(24)19-18(27)20-17(13)25/h7-9,23H,3-6,10H2,1-2H3,(H2,19,20,24,25,27). The number of phenols is 1. The minimum absolute atomic E-state index is 0.0128. The molecule has 27 heavy (non-hydrogen) atoms. The van der Waals surface area contributed by atoms with Crippen molar-refractivity contribution in [2.75, 3.05) is 40.3 Å². The van der Waals surface area contributed by atoms with Gasteiger partial charge in [-0.1, -0.05) is 0 Å². The van der Waals surface area contributed by atoms with E-state index in [9.17, 15) is 14.7 Å². The summed E-state index contributed by atoms with van der Waals surface area (Å²) in [5, 5.41) is 15.3. The lowest BCUT2D eigenvalue weighted by atomic mass is 10.0. The Kier molecular flexibility index (Phi) is 5.73. The summed E-state index contributed by atoms with van der Waals surface area (Å²) >= 11 is 4.80. The number of phenolic OH excluding ortho intramolecular Hbond substituents is 1. The molecule has 144 valence electrons. The summed E-state index contributed by atoms with van der Waals surface area (Å²) in [4.78, 5) is 28.6. The molecule has 0 aromatic heterocycles. The summed E-state index contributed by atoms with van der Waals surface area (Å²) < 4.78 is 5.26. The number of aromatic hydroxyl groups is 1. The molecule has 2 fully saturated rings. The molecule has 2 saturated heterocycles. The van der Waals surface area contributed by atoms with Crippen LogP contribution in [-0.2, 0) is 16.1 Å². The fourth-order valence-corrected chi connectivity index (χ4v) is 3.25. The van der Waals surface area contributed by atoms with Gasteiger partial charge in [0.1, 0.15) is 5.57 Å². The van der Waals surface area contributed by atoms with Gasteiger partial charge >= 0.3 is 0 Å². The van der Waals surface area contributed by atoms with Crippen LogP contribution in [0.1, 0.15) is 11.1 Å². The van der Waals surface area contributed by atoms with Gasteiger partial charge in [0, 0.05) is 38.3 Å². The van der Waals surface area contributed by atoms with Crippen molar-refractivity contribution >= 4 is 35.2 Å². The van der Waals surface area contributed by atoms with E-state index >= 15 is 0 Å². The third kappa shape index (κ3) is 4.44. The lowest BCUT2D eigenvalue weighted by Crippen LogP contribution is -2.51. The van der Waals surface area contributed by atoms with Crippen molar-refractivity contribution in [3.63, 3.8) is 0 Å². The second-order valence-electron chi connectivity index (χ2n) is 6.61. The van der Waals surface area contributed by atoms with Crippen LogP contribution in [0.5, 0.6) is 11.5 Å². The van der Waals surface area contributed by atoms with Gasteiger partial charge in [0.2, 0.25) is 0 Å². The Morgan fingerprint density at radius 3 is 2.41 bits per heavy atom. The van der Waals surface area contributed by atoms with Crippen molar-refractivity contribution in [3.8, 4) is 11.5 Å². The third-order valence-corrected chi connectivity index (χ3v) is 4.84. The molecule has 2 amide bonds. The number of carbonyl (C=O) groups is 2. The van der Waals surface area contributed by atoms with Crippen LogP contribution >= 0.6 is 12.2 Å². The van der Waals surface area contributed by atoms with Gasteiger partial charge in [-0.15, -0.1) is 0 Å². The van der Waals surface area contributed by atoms with Crippen molar-refractivity contribution in [2.45, 2.75) is 6.54 Å². The molecule has 8 nitrogen and oxygen atoms in total. The van der Waals surface area contributed by atoms with Crippen molar-refractivity contribution in [1.29, 1.82) is 0 Å². The Morgan fingerprint density at radius 2 is 1.81 bits per heavy atom. The number of nitrogens with one attached hydrogen (secondary N) is 2. The van der Waals surface area contributed by atoms with Crippen LogP contribution in [-0.4, -0.2) is 72.2 Å². The number of piperazine rings is 1. The fourth-order valence-electron chi connectivity index (χ4n) is 3.07. The minimum Gasteiger partial charge on any atom is -0.504 e. The van der Waals surface area contributed by atoms with Gasteiger partial charge in [-0.3, -0.25) is 25.1 Å². The highest BCUT2D eigenvalue weighted by Gasteiger charge is 2.26. The SMILES string of the molecule is COc1cc(C=C2C(=O)NC(=S)NC2=O)cc(CN2CCN(C)CC2)c1O. The first kappa shape index (κ1) is 19.3. The van der Waals surface area contributed by atoms with E-state index in [0.717, 1.165) is 26.2 Å². The zero-order chi connectivity index (χ0) is 19.6. The zero-order valence-corrected chi connectivity index (χ0v) is 16.1. The number of amides is 2. The minimum atomic E-state index is -0.559. The summed E-state index contributed by atoms with van der Waals surface area (Å²) in [6.45, 7) is 4.26. The van der Waals surface area contributed by atoms with Gasteiger partial charge in [-0.2, -0.15) is 0 Å². The molecule has 3 N–H and O–H groups in total. The highest BCUT2D eigenvalue weighted by atomic mass is 32.1. The lowest BCUT2D eigenvalue weighted by molar-refractivity contribution is -0.123. The number of thiocarbonyl (C=S) groups is 1. The summed E-state index contributed by atoms with van der Waals surface area (Å²) in [7, 11) is 3.54. The highest BCUT2D eigenvalue weighted by molar-refractivity contribution is 7.80. The average Bonchev–Trinajstić information content (AvgIpc) is 2.62. The summed E-state index contributed by atoms with van der Waals surface area (Å²) in [6.07, 6.45) is 1.46. The van der Waals surface area contributed by atoms with Crippen LogP contribution in [0.15, 0.2) is 17.7 Å². The van der Waals surface area contributed by atoms with Gasteiger partial charge in [0.15, 0.2) is 16.6 Å². The Bertz CT molecular complexity index is 794. The maximum Gasteiger partial charge on any atom is 0.263 e. The molecule has 3 rings (SSSR count). The molecule has 2 aliphatic heterocycles. The molecular weight excluding hydrogens is 368 g/mol. The van der Waals surface area contributed by atoms with Crippen molar-refractivity contribution in [2.24, 2.45) is 0 Å². The van der Waals surface area contributed by atoms with Crippen LogP contribution in [0, 0.1) is 0 Å².